The second kappa shape index (κ2) is 6.83. The fourth-order valence-corrected chi connectivity index (χ4v) is 2.56. The van der Waals surface area contributed by atoms with Crippen LogP contribution in [0.25, 0.3) is 11.0 Å². The largest absolute Gasteiger partial charge is 0.493 e. The average molecular weight is 303 g/mol. The number of methoxy groups -OCH3 is 1. The first-order valence-electron chi connectivity index (χ1n) is 7.64. The molecular formula is C17H21NO4. The molecule has 0 unspecified atom stereocenters. The lowest BCUT2D eigenvalue weighted by Gasteiger charge is -2.17. The predicted octanol–water partition coefficient (Wildman–Crippen LogP) is 2.97. The van der Waals surface area contributed by atoms with Crippen molar-refractivity contribution in [3.63, 3.8) is 0 Å². The molecule has 1 aliphatic rings. The summed E-state index contributed by atoms with van der Waals surface area (Å²) in [7, 11) is 1.68. The summed E-state index contributed by atoms with van der Waals surface area (Å²) in [6, 6.07) is 6.29. The summed E-state index contributed by atoms with van der Waals surface area (Å²) in [6.07, 6.45) is 5.63. The number of furan rings is 1. The van der Waals surface area contributed by atoms with Crippen molar-refractivity contribution in [1.29, 1.82) is 0 Å². The second-order valence-corrected chi connectivity index (χ2v) is 5.63. The molecule has 118 valence electrons. The third-order valence-corrected chi connectivity index (χ3v) is 3.86. The van der Waals surface area contributed by atoms with Crippen LogP contribution in [-0.4, -0.2) is 37.7 Å². The highest BCUT2D eigenvalue weighted by Crippen LogP contribution is 2.31. The zero-order valence-corrected chi connectivity index (χ0v) is 12.8. The van der Waals surface area contributed by atoms with Crippen LogP contribution < -0.4 is 4.74 Å². The molecule has 1 heterocycles. The number of hydrogen-bond acceptors (Lipinski definition) is 4. The molecule has 3 rings (SSSR count). The Bertz CT molecular complexity index is 633. The van der Waals surface area contributed by atoms with Crippen molar-refractivity contribution >= 4 is 17.4 Å². The number of fused-ring (bicyclic) bond motifs is 1. The van der Waals surface area contributed by atoms with Crippen LogP contribution in [-0.2, 0) is 16.1 Å². The molecular weight excluding hydrogens is 282 g/mol. The van der Waals surface area contributed by atoms with Crippen LogP contribution in [0, 0.1) is 0 Å². The maximum Gasteiger partial charge on any atom is 0.210 e. The highest BCUT2D eigenvalue weighted by atomic mass is 16.5. The van der Waals surface area contributed by atoms with Gasteiger partial charge in [0.25, 0.3) is 0 Å². The van der Waals surface area contributed by atoms with E-state index in [9.17, 15) is 4.79 Å². The van der Waals surface area contributed by atoms with Crippen LogP contribution in [0.4, 0.5) is 0 Å². The van der Waals surface area contributed by atoms with Crippen LogP contribution in [0.15, 0.2) is 28.9 Å². The third-order valence-electron chi connectivity index (χ3n) is 3.86. The van der Waals surface area contributed by atoms with Gasteiger partial charge >= 0.3 is 0 Å². The summed E-state index contributed by atoms with van der Waals surface area (Å²) < 4.78 is 16.4. The minimum absolute atomic E-state index is 0.399. The Morgan fingerprint density at radius 3 is 2.95 bits per heavy atom. The molecule has 2 aromatic rings. The number of ether oxygens (including phenoxy) is 2. The molecule has 5 heteroatoms. The molecule has 0 bridgehead atoms. The van der Waals surface area contributed by atoms with E-state index in [1.807, 2.05) is 23.1 Å². The smallest absolute Gasteiger partial charge is 0.210 e. The van der Waals surface area contributed by atoms with Gasteiger partial charge in [-0.25, -0.2) is 0 Å². The highest BCUT2D eigenvalue weighted by molar-refractivity contribution is 5.84. The van der Waals surface area contributed by atoms with E-state index in [4.69, 9.17) is 13.9 Å². The second-order valence-electron chi connectivity index (χ2n) is 5.63. The number of carbonyl (C=O) groups excluding carboxylic acids is 1. The van der Waals surface area contributed by atoms with Gasteiger partial charge in [-0.2, -0.15) is 0 Å². The number of nitrogens with zero attached hydrogens (tertiary/aromatic N) is 1. The fraction of sp³-hybridized carbons (Fsp3) is 0.471. The Labute approximate surface area is 129 Å². The Kier molecular flexibility index (Phi) is 4.63. The van der Waals surface area contributed by atoms with Gasteiger partial charge in [0.2, 0.25) is 6.41 Å². The lowest BCUT2D eigenvalue weighted by Crippen LogP contribution is -2.23. The first-order valence-corrected chi connectivity index (χ1v) is 7.64. The van der Waals surface area contributed by atoms with Gasteiger partial charge in [0, 0.05) is 32.7 Å². The summed E-state index contributed by atoms with van der Waals surface area (Å²) in [5.41, 5.74) is 1.82. The Balaban J connectivity index is 1.76. The van der Waals surface area contributed by atoms with Gasteiger partial charge in [-0.3, -0.25) is 4.79 Å². The van der Waals surface area contributed by atoms with Crippen molar-refractivity contribution in [2.24, 2.45) is 0 Å². The molecule has 1 amide bonds. The number of rotatable bonds is 9. The standard InChI is InChI=1S/C17H21NO4/c1-20-6-2-7-21-16-9-13(10-17-15(16)5-8-22-17)11-18(12-19)14-3-4-14/h5,8-10,12,14H,2-4,6-7,11H2,1H3. The molecule has 22 heavy (non-hydrogen) atoms. The molecule has 0 N–H and O–H groups in total. The Hall–Kier alpha value is -2.01. The normalized spacial score (nSPS) is 14.2. The van der Waals surface area contributed by atoms with Crippen molar-refractivity contribution in [3.05, 3.63) is 30.0 Å². The summed E-state index contributed by atoms with van der Waals surface area (Å²) in [6.45, 7) is 1.87. The molecule has 1 aromatic heterocycles. The molecule has 5 nitrogen and oxygen atoms in total. The molecule has 1 aromatic carbocycles. The highest BCUT2D eigenvalue weighted by Gasteiger charge is 2.28. The first kappa shape index (κ1) is 14.9. The minimum Gasteiger partial charge on any atom is -0.493 e. The van der Waals surface area contributed by atoms with E-state index >= 15 is 0 Å². The number of amides is 1. The van der Waals surface area contributed by atoms with E-state index in [1.165, 1.54) is 0 Å². The summed E-state index contributed by atoms with van der Waals surface area (Å²) in [4.78, 5) is 13.0. The monoisotopic (exact) mass is 303 g/mol. The van der Waals surface area contributed by atoms with Gasteiger partial charge in [-0.05, 0) is 36.6 Å². The van der Waals surface area contributed by atoms with E-state index in [2.05, 4.69) is 0 Å². The van der Waals surface area contributed by atoms with Crippen LogP contribution >= 0.6 is 0 Å². The summed E-state index contributed by atoms with van der Waals surface area (Å²) >= 11 is 0. The Morgan fingerprint density at radius 1 is 1.36 bits per heavy atom. The van der Waals surface area contributed by atoms with Gasteiger partial charge in [0.15, 0.2) is 0 Å². The molecule has 0 spiro atoms. The van der Waals surface area contributed by atoms with E-state index < -0.39 is 0 Å². The van der Waals surface area contributed by atoms with Crippen molar-refractivity contribution in [1.82, 2.24) is 4.90 Å². The number of hydrogen-bond donors (Lipinski definition) is 0. The van der Waals surface area contributed by atoms with Crippen molar-refractivity contribution in [3.8, 4) is 5.75 Å². The van der Waals surface area contributed by atoms with Crippen molar-refractivity contribution in [2.75, 3.05) is 20.3 Å². The van der Waals surface area contributed by atoms with Crippen molar-refractivity contribution < 1.29 is 18.7 Å². The van der Waals surface area contributed by atoms with Crippen LogP contribution in [0.5, 0.6) is 5.75 Å². The number of carbonyl (C=O) groups is 1. The maximum atomic E-state index is 11.2. The molecule has 1 aliphatic carbocycles. The van der Waals surface area contributed by atoms with E-state index in [1.54, 1.807) is 13.4 Å². The van der Waals surface area contributed by atoms with Gasteiger partial charge in [-0.1, -0.05) is 0 Å². The Morgan fingerprint density at radius 2 is 2.23 bits per heavy atom. The van der Waals surface area contributed by atoms with Crippen LogP contribution in [0.3, 0.4) is 0 Å². The molecule has 0 radical (unpaired) electrons. The lowest BCUT2D eigenvalue weighted by molar-refractivity contribution is -0.119. The molecule has 0 aliphatic heterocycles. The van der Waals surface area contributed by atoms with Crippen molar-refractivity contribution in [2.45, 2.75) is 31.8 Å². The van der Waals surface area contributed by atoms with E-state index in [0.29, 0.717) is 25.8 Å². The SMILES string of the molecule is COCCCOc1cc(CN(C=O)C2CC2)cc2occc12. The van der Waals surface area contributed by atoms with E-state index in [0.717, 1.165) is 48.0 Å². The quantitative estimate of drug-likeness (QED) is 0.528. The molecule has 0 atom stereocenters. The lowest BCUT2D eigenvalue weighted by atomic mass is 10.1. The summed E-state index contributed by atoms with van der Waals surface area (Å²) in [5.74, 6) is 0.805. The van der Waals surface area contributed by atoms with Gasteiger partial charge in [0.1, 0.15) is 11.3 Å². The molecule has 1 saturated carbocycles. The zero-order chi connectivity index (χ0) is 15.4. The maximum absolute atomic E-state index is 11.2. The topological polar surface area (TPSA) is 51.9 Å². The third kappa shape index (κ3) is 3.42. The van der Waals surface area contributed by atoms with Gasteiger partial charge < -0.3 is 18.8 Å². The van der Waals surface area contributed by atoms with Crippen LogP contribution in [0.2, 0.25) is 0 Å². The van der Waals surface area contributed by atoms with Gasteiger partial charge in [-0.15, -0.1) is 0 Å². The van der Waals surface area contributed by atoms with Crippen LogP contribution in [0.1, 0.15) is 24.8 Å². The average Bonchev–Trinajstić information content (AvgIpc) is 3.26. The molecule has 1 fully saturated rings. The van der Waals surface area contributed by atoms with Gasteiger partial charge in [0.05, 0.1) is 18.3 Å². The molecule has 0 saturated heterocycles. The zero-order valence-electron chi connectivity index (χ0n) is 12.8. The minimum atomic E-state index is 0.399. The fourth-order valence-electron chi connectivity index (χ4n) is 2.56. The first-order chi connectivity index (χ1) is 10.8. The number of benzene rings is 1. The summed E-state index contributed by atoms with van der Waals surface area (Å²) in [5, 5.41) is 0.963. The predicted molar refractivity (Wildman–Crippen MR) is 82.8 cm³/mol. The van der Waals surface area contributed by atoms with E-state index in [-0.39, 0.29) is 0 Å².